The second-order valence-corrected chi connectivity index (χ2v) is 8.09. The van der Waals surface area contributed by atoms with Gasteiger partial charge in [-0.3, -0.25) is 24.5 Å². The first-order chi connectivity index (χ1) is 14.3. The van der Waals surface area contributed by atoms with Crippen molar-refractivity contribution in [2.75, 3.05) is 19.3 Å². The Hall–Kier alpha value is -2.23. The molecule has 1 heterocycles. The maximum absolute atomic E-state index is 14.9. The van der Waals surface area contributed by atoms with Crippen LogP contribution in [0.3, 0.4) is 0 Å². The van der Waals surface area contributed by atoms with Crippen LogP contribution in [0, 0.1) is 11.7 Å². The van der Waals surface area contributed by atoms with E-state index in [2.05, 4.69) is 15.0 Å². The maximum Gasteiger partial charge on any atom is 0.257 e. The van der Waals surface area contributed by atoms with Gasteiger partial charge in [-0.2, -0.15) is 0 Å². The first-order valence-electron chi connectivity index (χ1n) is 9.82. The number of ketones is 1. The number of thioether (sulfide) groups is 1. The minimum Gasteiger partial charge on any atom is -0.379 e. The van der Waals surface area contributed by atoms with Crippen LogP contribution in [-0.2, 0) is 16.8 Å². The molecule has 10 heteroatoms. The number of aliphatic imine (C=N–C) groups is 3. The van der Waals surface area contributed by atoms with Crippen LogP contribution < -0.4 is 5.73 Å². The molecule has 0 fully saturated rings. The van der Waals surface area contributed by atoms with Crippen molar-refractivity contribution in [3.8, 4) is 0 Å². The summed E-state index contributed by atoms with van der Waals surface area (Å²) < 4.78 is 39.4. The predicted molar refractivity (Wildman–Crippen MR) is 120 cm³/mol. The molecule has 31 heavy (non-hydrogen) atoms. The fraction of sp³-hybridized carbons (Fsp3) is 0.524. The van der Waals surface area contributed by atoms with E-state index >= 15 is 0 Å². The topological polar surface area (TPSA) is 80.2 Å². The number of halogens is 4. The largest absolute Gasteiger partial charge is 0.379 e. The highest BCUT2D eigenvalue weighted by atomic mass is 32.2. The molecule has 1 aromatic rings. The second kappa shape index (κ2) is 12.0. The summed E-state index contributed by atoms with van der Waals surface area (Å²) in [6.45, 7) is 3.30. The van der Waals surface area contributed by atoms with E-state index in [0.29, 0.717) is 22.7 Å². The fourth-order valence-corrected chi connectivity index (χ4v) is 4.81. The predicted octanol–water partition coefficient (Wildman–Crippen LogP) is 4.19. The molecule has 0 aromatic heterocycles. The van der Waals surface area contributed by atoms with Crippen molar-refractivity contribution in [3.05, 3.63) is 35.1 Å². The standard InChI is InChI=1S/C21H27F3N4OS.FH/c1-4-14-12-30-20(25)28-21(14,5-2)15-8-13(6-7-16(15)22)9-18(29)17(26-3)10-27-11-19(23)24;/h6-8,10,14,19H,4-5,9,11-12H2,1-3H3,(H2,25,28);1H/t14-,21-;/m0./s1. The first-order valence-corrected chi connectivity index (χ1v) is 10.8. The van der Waals surface area contributed by atoms with Crippen LogP contribution >= 0.6 is 11.8 Å². The Balaban J connectivity index is 0.00000480. The van der Waals surface area contributed by atoms with E-state index < -0.39 is 24.3 Å². The number of hydrogen-bond acceptors (Lipinski definition) is 6. The summed E-state index contributed by atoms with van der Waals surface area (Å²) in [7, 11) is 1.40. The third kappa shape index (κ3) is 6.38. The highest BCUT2D eigenvalue weighted by Crippen LogP contribution is 2.45. The van der Waals surface area contributed by atoms with Crippen LogP contribution in [0.2, 0.25) is 0 Å². The zero-order valence-corrected chi connectivity index (χ0v) is 18.6. The summed E-state index contributed by atoms with van der Waals surface area (Å²) >= 11 is 1.47. The summed E-state index contributed by atoms with van der Waals surface area (Å²) in [4.78, 5) is 24.6. The molecule has 0 radical (unpaired) electrons. The van der Waals surface area contributed by atoms with Crippen molar-refractivity contribution in [3.63, 3.8) is 0 Å². The van der Waals surface area contributed by atoms with E-state index in [0.717, 1.165) is 18.4 Å². The third-order valence-corrected chi connectivity index (χ3v) is 6.25. The van der Waals surface area contributed by atoms with Crippen LogP contribution in [0.4, 0.5) is 17.9 Å². The van der Waals surface area contributed by atoms with E-state index in [1.54, 1.807) is 6.07 Å². The average molecular weight is 461 g/mol. The van der Waals surface area contributed by atoms with Crippen molar-refractivity contribution >= 4 is 34.6 Å². The van der Waals surface area contributed by atoms with Crippen LogP contribution in [0.1, 0.15) is 37.8 Å². The molecule has 0 spiro atoms. The molecule has 0 saturated heterocycles. The van der Waals surface area contributed by atoms with Gasteiger partial charge >= 0.3 is 0 Å². The van der Waals surface area contributed by atoms with Crippen LogP contribution in [0.5, 0.6) is 0 Å². The molecule has 172 valence electrons. The van der Waals surface area contributed by atoms with E-state index in [1.807, 2.05) is 13.8 Å². The normalized spacial score (nSPS) is 21.8. The number of nitrogens with zero attached hydrogens (tertiary/aromatic N) is 3. The Morgan fingerprint density at radius 3 is 2.71 bits per heavy atom. The van der Waals surface area contributed by atoms with Crippen LogP contribution in [0.15, 0.2) is 33.2 Å². The molecular weight excluding hydrogens is 432 g/mol. The van der Waals surface area contributed by atoms with Gasteiger partial charge in [0.2, 0.25) is 0 Å². The number of rotatable bonds is 9. The number of alkyl halides is 2. The average Bonchev–Trinajstić information content (AvgIpc) is 2.72. The van der Waals surface area contributed by atoms with Gasteiger partial charge in [0.15, 0.2) is 11.0 Å². The van der Waals surface area contributed by atoms with Crippen molar-refractivity contribution < 1.29 is 22.7 Å². The lowest BCUT2D eigenvalue weighted by atomic mass is 9.75. The van der Waals surface area contributed by atoms with E-state index in [4.69, 9.17) is 5.73 Å². The molecule has 1 aliphatic rings. The minimum atomic E-state index is -2.59. The quantitative estimate of drug-likeness (QED) is 0.443. The molecule has 2 N–H and O–H groups in total. The Morgan fingerprint density at radius 1 is 1.42 bits per heavy atom. The summed E-state index contributed by atoms with van der Waals surface area (Å²) in [5, 5.41) is 0.429. The van der Waals surface area contributed by atoms with Gasteiger partial charge in [0.25, 0.3) is 6.43 Å². The number of carbonyl (C=O) groups is 1. The number of Topliss-reactive ketones (excluding diaryl/α,β-unsaturated/α-hetero) is 1. The second-order valence-electron chi connectivity index (χ2n) is 7.05. The van der Waals surface area contributed by atoms with Crippen LogP contribution in [-0.4, -0.2) is 48.6 Å². The molecule has 0 unspecified atom stereocenters. The summed E-state index contributed by atoms with van der Waals surface area (Å²) in [5.74, 6) is 0.0791. The Bertz CT molecular complexity index is 860. The van der Waals surface area contributed by atoms with Crippen LogP contribution in [0.25, 0.3) is 0 Å². The third-order valence-electron chi connectivity index (χ3n) is 5.29. The Morgan fingerprint density at radius 2 is 2.13 bits per heavy atom. The van der Waals surface area contributed by atoms with Gasteiger partial charge in [-0.15, -0.1) is 0 Å². The molecule has 1 aliphatic heterocycles. The number of nitrogens with two attached hydrogens (primary N) is 1. The molecule has 1 aromatic carbocycles. The van der Waals surface area contributed by atoms with Crippen molar-refractivity contribution in [2.24, 2.45) is 26.6 Å². The Kier molecular flexibility index (Phi) is 10.4. The van der Waals surface area contributed by atoms with Gasteiger partial charge < -0.3 is 5.73 Å². The SMILES string of the molecule is CC[C@H]1CSC(N)=N[C@]1(CC)c1cc(CC(=O)C(C=NCC(F)F)=NC)ccc1F.F. The smallest absolute Gasteiger partial charge is 0.257 e. The first kappa shape index (κ1) is 26.8. The van der Waals surface area contributed by atoms with Gasteiger partial charge in [-0.1, -0.05) is 31.7 Å². The van der Waals surface area contributed by atoms with Gasteiger partial charge in [-0.05, 0) is 36.5 Å². The Labute approximate surface area is 183 Å². The highest BCUT2D eigenvalue weighted by Gasteiger charge is 2.42. The summed E-state index contributed by atoms with van der Waals surface area (Å²) in [6.07, 6.45) is -0.197. The van der Waals surface area contributed by atoms with E-state index in [-0.39, 0.29) is 28.5 Å². The maximum atomic E-state index is 14.9. The molecule has 2 rings (SSSR count). The molecular formula is C21H28F4N4OS. The lowest BCUT2D eigenvalue weighted by Gasteiger charge is -2.40. The number of hydrogen-bond donors (Lipinski definition) is 1. The van der Waals surface area contributed by atoms with Crippen molar-refractivity contribution in [2.45, 2.75) is 45.1 Å². The zero-order valence-electron chi connectivity index (χ0n) is 17.8. The molecule has 5 nitrogen and oxygen atoms in total. The molecule has 0 saturated carbocycles. The summed E-state index contributed by atoms with van der Waals surface area (Å²) in [5.41, 5.74) is 6.21. The number of amidine groups is 1. The monoisotopic (exact) mass is 460 g/mol. The van der Waals surface area contributed by atoms with Gasteiger partial charge in [0.1, 0.15) is 11.5 Å². The van der Waals surface area contributed by atoms with E-state index in [1.165, 1.54) is 30.9 Å². The lowest BCUT2D eigenvalue weighted by Crippen LogP contribution is -2.40. The minimum absolute atomic E-state index is 0. The number of benzene rings is 1. The molecule has 2 atom stereocenters. The molecule has 0 amide bonds. The van der Waals surface area contributed by atoms with Crippen molar-refractivity contribution in [1.29, 1.82) is 0 Å². The summed E-state index contributed by atoms with van der Waals surface area (Å²) in [6, 6.07) is 4.54. The zero-order chi connectivity index (χ0) is 22.3. The highest BCUT2D eigenvalue weighted by molar-refractivity contribution is 8.13. The molecule has 0 bridgehead atoms. The van der Waals surface area contributed by atoms with Gasteiger partial charge in [0, 0.05) is 24.8 Å². The lowest BCUT2D eigenvalue weighted by molar-refractivity contribution is -0.112. The van der Waals surface area contributed by atoms with E-state index in [9.17, 15) is 18.0 Å². The fourth-order valence-electron chi connectivity index (χ4n) is 3.70. The van der Waals surface area contributed by atoms with Gasteiger partial charge in [-0.25, -0.2) is 13.2 Å². The molecule has 0 aliphatic carbocycles. The van der Waals surface area contributed by atoms with Crippen molar-refractivity contribution in [1.82, 2.24) is 0 Å². The van der Waals surface area contributed by atoms with Gasteiger partial charge in [0.05, 0.1) is 18.3 Å². The number of carbonyl (C=O) groups excluding carboxylic acids is 1.